The van der Waals surface area contributed by atoms with E-state index in [1.807, 2.05) is 74.0 Å². The third-order valence-corrected chi connectivity index (χ3v) is 5.56. The average Bonchev–Trinajstić information content (AvgIpc) is 3.07. The van der Waals surface area contributed by atoms with Crippen molar-refractivity contribution in [2.45, 2.75) is 30.8 Å². The number of carbonyl (C=O) groups excluding carboxylic acids is 1. The van der Waals surface area contributed by atoms with Crippen LogP contribution >= 0.6 is 11.8 Å². The van der Waals surface area contributed by atoms with Crippen LogP contribution in [0.3, 0.4) is 0 Å². The molecule has 0 radical (unpaired) electrons. The van der Waals surface area contributed by atoms with Gasteiger partial charge in [-0.1, -0.05) is 53.7 Å². The van der Waals surface area contributed by atoms with E-state index in [4.69, 9.17) is 4.74 Å². The van der Waals surface area contributed by atoms with E-state index in [1.54, 1.807) is 7.11 Å². The van der Waals surface area contributed by atoms with Gasteiger partial charge in [-0.15, -0.1) is 10.2 Å². The van der Waals surface area contributed by atoms with Crippen LogP contribution in [0.1, 0.15) is 18.1 Å². The number of carbonyl (C=O) groups is 1. The number of thioether (sulfide) groups is 1. The number of aromatic nitrogens is 3. The van der Waals surface area contributed by atoms with Gasteiger partial charge in [-0.3, -0.25) is 4.79 Å². The lowest BCUT2D eigenvalue weighted by molar-refractivity contribution is -0.120. The van der Waals surface area contributed by atoms with E-state index in [0.29, 0.717) is 17.5 Å². The second kappa shape index (κ2) is 8.93. The summed E-state index contributed by atoms with van der Waals surface area (Å²) in [6, 6.07) is 15.8. The molecule has 0 saturated carbocycles. The highest BCUT2D eigenvalue weighted by atomic mass is 32.2. The zero-order valence-corrected chi connectivity index (χ0v) is 17.3. The predicted molar refractivity (Wildman–Crippen MR) is 111 cm³/mol. The molecule has 0 saturated heterocycles. The van der Waals surface area contributed by atoms with E-state index in [2.05, 4.69) is 15.5 Å². The molecule has 1 heterocycles. The minimum atomic E-state index is -0.293. The summed E-state index contributed by atoms with van der Waals surface area (Å²) < 4.78 is 7.29. The molecule has 0 aliphatic heterocycles. The maximum Gasteiger partial charge on any atom is 0.233 e. The van der Waals surface area contributed by atoms with Crippen molar-refractivity contribution in [1.29, 1.82) is 0 Å². The van der Waals surface area contributed by atoms with Gasteiger partial charge < -0.3 is 14.6 Å². The highest BCUT2D eigenvalue weighted by Gasteiger charge is 2.20. The zero-order valence-electron chi connectivity index (χ0n) is 16.5. The third-order valence-electron chi connectivity index (χ3n) is 4.42. The number of hydrogen-bond donors (Lipinski definition) is 1. The molecular weight excluding hydrogens is 372 g/mol. The number of rotatable bonds is 7. The molecule has 1 amide bonds. The van der Waals surface area contributed by atoms with Gasteiger partial charge in [0.2, 0.25) is 5.91 Å². The lowest BCUT2D eigenvalue weighted by atomic mass is 10.1. The molecule has 0 aliphatic rings. The molecule has 1 N–H and O–H groups in total. The maximum atomic E-state index is 12.5. The van der Waals surface area contributed by atoms with Gasteiger partial charge in [0.1, 0.15) is 5.75 Å². The Labute approximate surface area is 169 Å². The summed E-state index contributed by atoms with van der Waals surface area (Å²) >= 11 is 1.38. The molecule has 0 fully saturated rings. The molecule has 146 valence electrons. The molecule has 3 aromatic rings. The fourth-order valence-corrected chi connectivity index (χ4v) is 3.57. The largest absolute Gasteiger partial charge is 0.496 e. The van der Waals surface area contributed by atoms with Crippen LogP contribution in [0.4, 0.5) is 0 Å². The lowest BCUT2D eigenvalue weighted by Crippen LogP contribution is -2.30. The standard InChI is InChI=1S/C21H24N4O2S/c1-14-9-11-16(12-10-14)13-22-20(26)15(2)28-21-24-23-19(25(21)3)17-7-5-6-8-18(17)27-4/h5-12,15H,13H2,1-4H3,(H,22,26)/t15-/m0/s1. The zero-order chi connectivity index (χ0) is 20.1. The molecule has 0 bridgehead atoms. The first-order valence-corrected chi connectivity index (χ1v) is 9.90. The van der Waals surface area contributed by atoms with Gasteiger partial charge in [0.25, 0.3) is 0 Å². The van der Waals surface area contributed by atoms with Crippen molar-refractivity contribution >= 4 is 17.7 Å². The van der Waals surface area contributed by atoms with Crippen LogP contribution in [0.25, 0.3) is 11.4 Å². The van der Waals surface area contributed by atoms with Gasteiger partial charge in [-0.2, -0.15) is 0 Å². The van der Waals surface area contributed by atoms with Crippen LogP contribution in [0, 0.1) is 6.92 Å². The number of benzene rings is 2. The highest BCUT2D eigenvalue weighted by Crippen LogP contribution is 2.31. The Kier molecular flexibility index (Phi) is 6.36. The molecular formula is C21H24N4O2S. The van der Waals surface area contributed by atoms with Crippen molar-refractivity contribution in [2.24, 2.45) is 7.05 Å². The number of nitrogens with one attached hydrogen (secondary N) is 1. The Hall–Kier alpha value is -2.80. The van der Waals surface area contributed by atoms with Crippen molar-refractivity contribution in [3.63, 3.8) is 0 Å². The monoisotopic (exact) mass is 396 g/mol. The SMILES string of the molecule is COc1ccccc1-c1nnc(S[C@@H](C)C(=O)NCc2ccc(C)cc2)n1C. The quantitative estimate of drug-likeness (QED) is 0.618. The average molecular weight is 397 g/mol. The molecule has 0 unspecified atom stereocenters. The number of aryl methyl sites for hydroxylation is 1. The van der Waals surface area contributed by atoms with E-state index in [-0.39, 0.29) is 11.2 Å². The molecule has 0 aliphatic carbocycles. The smallest absolute Gasteiger partial charge is 0.233 e. The number of para-hydroxylation sites is 1. The molecule has 0 spiro atoms. The Bertz CT molecular complexity index is 953. The Morgan fingerprint density at radius 3 is 2.61 bits per heavy atom. The summed E-state index contributed by atoms with van der Waals surface area (Å²) in [6.45, 7) is 4.42. The number of amides is 1. The van der Waals surface area contributed by atoms with Gasteiger partial charge in [0.15, 0.2) is 11.0 Å². The molecule has 6 nitrogen and oxygen atoms in total. The van der Waals surface area contributed by atoms with Crippen molar-refractivity contribution in [2.75, 3.05) is 7.11 Å². The molecule has 28 heavy (non-hydrogen) atoms. The van der Waals surface area contributed by atoms with E-state index in [0.717, 1.165) is 16.9 Å². The van der Waals surface area contributed by atoms with Crippen LogP contribution in [-0.2, 0) is 18.4 Å². The van der Waals surface area contributed by atoms with Crippen LogP contribution in [-0.4, -0.2) is 33.0 Å². The minimum absolute atomic E-state index is 0.0348. The molecule has 1 aromatic heterocycles. The maximum absolute atomic E-state index is 12.5. The van der Waals surface area contributed by atoms with E-state index in [1.165, 1.54) is 17.3 Å². The summed E-state index contributed by atoms with van der Waals surface area (Å²) in [6.07, 6.45) is 0. The Morgan fingerprint density at radius 2 is 1.89 bits per heavy atom. The van der Waals surface area contributed by atoms with Gasteiger partial charge in [-0.05, 0) is 31.5 Å². The third kappa shape index (κ3) is 4.54. The summed E-state index contributed by atoms with van der Waals surface area (Å²) in [5.74, 6) is 1.40. The fourth-order valence-electron chi connectivity index (χ4n) is 2.73. The summed E-state index contributed by atoms with van der Waals surface area (Å²) in [4.78, 5) is 12.5. The lowest BCUT2D eigenvalue weighted by Gasteiger charge is -2.12. The number of nitrogens with zero attached hydrogens (tertiary/aromatic N) is 3. The van der Waals surface area contributed by atoms with Gasteiger partial charge in [-0.25, -0.2) is 0 Å². The molecule has 3 rings (SSSR count). The molecule has 7 heteroatoms. The van der Waals surface area contributed by atoms with Crippen LogP contribution < -0.4 is 10.1 Å². The predicted octanol–water partition coefficient (Wildman–Crippen LogP) is 3.60. The number of methoxy groups -OCH3 is 1. The van der Waals surface area contributed by atoms with E-state index < -0.39 is 0 Å². The van der Waals surface area contributed by atoms with Crippen LogP contribution in [0.15, 0.2) is 53.7 Å². The van der Waals surface area contributed by atoms with E-state index in [9.17, 15) is 4.79 Å². The minimum Gasteiger partial charge on any atom is -0.496 e. The topological polar surface area (TPSA) is 69.0 Å². The molecule has 2 aromatic carbocycles. The molecule has 1 atom stereocenters. The first-order valence-electron chi connectivity index (χ1n) is 9.02. The number of hydrogen-bond acceptors (Lipinski definition) is 5. The first-order chi connectivity index (χ1) is 13.5. The second-order valence-electron chi connectivity index (χ2n) is 6.53. The summed E-state index contributed by atoms with van der Waals surface area (Å²) in [5.41, 5.74) is 3.14. The van der Waals surface area contributed by atoms with Crippen molar-refractivity contribution < 1.29 is 9.53 Å². The second-order valence-corrected chi connectivity index (χ2v) is 7.84. The van der Waals surface area contributed by atoms with Crippen molar-refractivity contribution in [3.05, 3.63) is 59.7 Å². The fraction of sp³-hybridized carbons (Fsp3) is 0.286. The Balaban J connectivity index is 1.65. The Morgan fingerprint density at radius 1 is 1.18 bits per heavy atom. The van der Waals surface area contributed by atoms with Crippen LogP contribution in [0.5, 0.6) is 5.75 Å². The number of ether oxygens (including phenoxy) is 1. The summed E-state index contributed by atoms with van der Waals surface area (Å²) in [7, 11) is 3.52. The first kappa shape index (κ1) is 19.9. The van der Waals surface area contributed by atoms with Crippen molar-refractivity contribution in [1.82, 2.24) is 20.1 Å². The van der Waals surface area contributed by atoms with Gasteiger partial charge in [0.05, 0.1) is 17.9 Å². The summed E-state index contributed by atoms with van der Waals surface area (Å²) in [5, 5.41) is 11.9. The van der Waals surface area contributed by atoms with Crippen LogP contribution in [0.2, 0.25) is 0 Å². The highest BCUT2D eigenvalue weighted by molar-refractivity contribution is 8.00. The van der Waals surface area contributed by atoms with Gasteiger partial charge in [0, 0.05) is 13.6 Å². The van der Waals surface area contributed by atoms with E-state index >= 15 is 0 Å². The van der Waals surface area contributed by atoms with Crippen molar-refractivity contribution in [3.8, 4) is 17.1 Å². The van der Waals surface area contributed by atoms with Gasteiger partial charge >= 0.3 is 0 Å². The normalized spacial score (nSPS) is 11.9.